The molecule has 0 spiro atoms. The van der Waals surface area contributed by atoms with Crippen LogP contribution in [-0.4, -0.2) is 24.3 Å². The summed E-state index contributed by atoms with van der Waals surface area (Å²) in [5, 5.41) is 6.10. The van der Waals surface area contributed by atoms with Gasteiger partial charge in [0.1, 0.15) is 18.1 Å². The van der Waals surface area contributed by atoms with Gasteiger partial charge in [-0.1, -0.05) is 42.5 Å². The lowest BCUT2D eigenvalue weighted by atomic mass is 10.0. The molecular formula is C21H24N2O3. The first-order valence-corrected chi connectivity index (χ1v) is 8.89. The Morgan fingerprint density at radius 2 is 1.77 bits per heavy atom. The summed E-state index contributed by atoms with van der Waals surface area (Å²) in [4.78, 5) is 23.8. The number of hydrogen-bond donors (Lipinski definition) is 2. The summed E-state index contributed by atoms with van der Waals surface area (Å²) in [5.41, 5.74) is 2.07. The van der Waals surface area contributed by atoms with Crippen molar-refractivity contribution in [2.75, 3.05) is 6.54 Å². The van der Waals surface area contributed by atoms with Crippen LogP contribution in [0.4, 0.5) is 0 Å². The molecule has 0 aliphatic carbocycles. The van der Waals surface area contributed by atoms with Crippen molar-refractivity contribution in [3.05, 3.63) is 65.7 Å². The third-order valence-corrected chi connectivity index (χ3v) is 4.73. The largest absolute Gasteiger partial charge is 0.489 e. The van der Waals surface area contributed by atoms with Crippen molar-refractivity contribution in [2.45, 2.75) is 32.5 Å². The molecule has 1 fully saturated rings. The minimum atomic E-state index is -0.295. The van der Waals surface area contributed by atoms with Crippen molar-refractivity contribution in [3.63, 3.8) is 0 Å². The maximum atomic E-state index is 12.4. The van der Waals surface area contributed by atoms with Crippen molar-refractivity contribution < 1.29 is 14.3 Å². The van der Waals surface area contributed by atoms with E-state index in [1.54, 1.807) is 6.92 Å². The van der Waals surface area contributed by atoms with Crippen LogP contribution in [0.5, 0.6) is 5.75 Å². The minimum absolute atomic E-state index is 0.0580. The molecule has 1 heterocycles. The second-order valence-electron chi connectivity index (χ2n) is 6.59. The minimum Gasteiger partial charge on any atom is -0.489 e. The highest BCUT2D eigenvalue weighted by atomic mass is 16.5. The predicted octanol–water partition coefficient (Wildman–Crippen LogP) is 2.45. The second kappa shape index (κ2) is 8.63. The van der Waals surface area contributed by atoms with Crippen LogP contribution >= 0.6 is 0 Å². The Labute approximate surface area is 153 Å². The zero-order valence-electron chi connectivity index (χ0n) is 14.9. The van der Waals surface area contributed by atoms with E-state index in [4.69, 9.17) is 4.74 Å². The van der Waals surface area contributed by atoms with Crippen LogP contribution in [0.15, 0.2) is 54.6 Å². The quantitative estimate of drug-likeness (QED) is 0.803. The summed E-state index contributed by atoms with van der Waals surface area (Å²) < 4.78 is 5.82. The number of carbonyl (C=O) groups excluding carboxylic acids is 2. The highest BCUT2D eigenvalue weighted by Gasteiger charge is 2.31. The van der Waals surface area contributed by atoms with Crippen LogP contribution in [0.1, 0.15) is 24.5 Å². The topological polar surface area (TPSA) is 67.4 Å². The van der Waals surface area contributed by atoms with E-state index in [-0.39, 0.29) is 23.7 Å². The molecule has 2 aromatic rings. The molecule has 5 nitrogen and oxygen atoms in total. The fourth-order valence-corrected chi connectivity index (χ4v) is 3.10. The van der Waals surface area contributed by atoms with Gasteiger partial charge in [-0.15, -0.1) is 0 Å². The number of para-hydroxylation sites is 1. The number of Topliss-reactive ketones (excluding diaryl/α,β-unsaturated/α-hetero) is 1. The average Bonchev–Trinajstić information content (AvgIpc) is 3.16. The lowest BCUT2D eigenvalue weighted by molar-refractivity contribution is -0.123. The molecule has 2 atom stereocenters. The van der Waals surface area contributed by atoms with Crippen molar-refractivity contribution in [1.82, 2.24) is 10.6 Å². The van der Waals surface area contributed by atoms with Gasteiger partial charge in [0.25, 0.3) is 0 Å². The van der Waals surface area contributed by atoms with Gasteiger partial charge >= 0.3 is 0 Å². The summed E-state index contributed by atoms with van der Waals surface area (Å²) in [6.07, 6.45) is 0.569. The molecule has 1 aliphatic heterocycles. The van der Waals surface area contributed by atoms with Crippen LogP contribution in [-0.2, 0) is 22.7 Å². The van der Waals surface area contributed by atoms with Crippen molar-refractivity contribution in [3.8, 4) is 5.75 Å². The Hall–Kier alpha value is -2.66. The molecule has 0 bridgehead atoms. The highest BCUT2D eigenvalue weighted by Crippen LogP contribution is 2.17. The van der Waals surface area contributed by atoms with E-state index < -0.39 is 0 Å². The lowest BCUT2D eigenvalue weighted by Gasteiger charge is -2.14. The van der Waals surface area contributed by atoms with Crippen LogP contribution in [0.25, 0.3) is 0 Å². The summed E-state index contributed by atoms with van der Waals surface area (Å²) in [6.45, 7) is 3.05. The van der Waals surface area contributed by atoms with Crippen LogP contribution < -0.4 is 15.4 Å². The second-order valence-corrected chi connectivity index (χ2v) is 6.59. The van der Waals surface area contributed by atoms with Crippen molar-refractivity contribution in [2.24, 2.45) is 5.92 Å². The smallest absolute Gasteiger partial charge is 0.237 e. The van der Waals surface area contributed by atoms with Crippen LogP contribution in [0.3, 0.4) is 0 Å². The number of carbonyl (C=O) groups is 2. The van der Waals surface area contributed by atoms with E-state index in [0.29, 0.717) is 26.1 Å². The van der Waals surface area contributed by atoms with Gasteiger partial charge in [-0.2, -0.15) is 0 Å². The van der Waals surface area contributed by atoms with Gasteiger partial charge in [0.15, 0.2) is 0 Å². The number of ketones is 1. The molecule has 3 rings (SSSR count). The lowest BCUT2D eigenvalue weighted by Crippen LogP contribution is -2.40. The normalized spacial score (nSPS) is 19.1. The fourth-order valence-electron chi connectivity index (χ4n) is 3.10. The fraction of sp³-hybridized carbons (Fsp3) is 0.333. The molecule has 1 amide bonds. The standard InChI is InChI=1S/C21H24N2O3/c1-15(24)18-11-20(22-13-18)21(25)23-12-16-7-5-6-8-17(16)14-26-19-9-3-2-4-10-19/h2-10,18,20,22H,11-14H2,1H3,(H,23,25). The molecule has 1 aliphatic rings. The summed E-state index contributed by atoms with van der Waals surface area (Å²) in [5.74, 6) is 0.831. The molecule has 26 heavy (non-hydrogen) atoms. The van der Waals surface area contributed by atoms with E-state index in [1.165, 1.54) is 0 Å². The van der Waals surface area contributed by atoms with Gasteiger partial charge in [-0.25, -0.2) is 0 Å². The van der Waals surface area contributed by atoms with Crippen molar-refractivity contribution in [1.29, 1.82) is 0 Å². The van der Waals surface area contributed by atoms with E-state index >= 15 is 0 Å². The zero-order chi connectivity index (χ0) is 18.4. The first kappa shape index (κ1) is 18.1. The Morgan fingerprint density at radius 1 is 1.08 bits per heavy atom. The maximum absolute atomic E-state index is 12.4. The number of benzene rings is 2. The third-order valence-electron chi connectivity index (χ3n) is 4.73. The molecule has 2 aromatic carbocycles. The SMILES string of the molecule is CC(=O)C1CNC(C(=O)NCc2ccccc2COc2ccccc2)C1. The van der Waals surface area contributed by atoms with Crippen LogP contribution in [0.2, 0.25) is 0 Å². The van der Waals surface area contributed by atoms with Gasteiger partial charge in [-0.3, -0.25) is 9.59 Å². The Kier molecular flexibility index (Phi) is 6.02. The van der Waals surface area contributed by atoms with E-state index in [0.717, 1.165) is 16.9 Å². The summed E-state index contributed by atoms with van der Waals surface area (Å²) in [7, 11) is 0. The Bertz CT molecular complexity index is 761. The molecule has 1 saturated heterocycles. The Morgan fingerprint density at radius 3 is 2.46 bits per heavy atom. The van der Waals surface area contributed by atoms with Crippen molar-refractivity contribution >= 4 is 11.7 Å². The molecule has 5 heteroatoms. The number of ether oxygens (including phenoxy) is 1. The number of rotatable bonds is 7. The maximum Gasteiger partial charge on any atom is 0.237 e. The zero-order valence-corrected chi connectivity index (χ0v) is 14.9. The highest BCUT2D eigenvalue weighted by molar-refractivity contribution is 5.85. The Balaban J connectivity index is 1.55. The van der Waals surface area contributed by atoms with Gasteiger partial charge in [0, 0.05) is 19.0 Å². The average molecular weight is 352 g/mol. The number of nitrogens with one attached hydrogen (secondary N) is 2. The van der Waals surface area contributed by atoms with Gasteiger partial charge in [-0.05, 0) is 36.6 Å². The van der Waals surface area contributed by atoms with E-state index in [9.17, 15) is 9.59 Å². The predicted molar refractivity (Wildman–Crippen MR) is 99.6 cm³/mol. The first-order chi connectivity index (χ1) is 12.6. The molecule has 2 unspecified atom stereocenters. The third kappa shape index (κ3) is 4.70. The first-order valence-electron chi connectivity index (χ1n) is 8.89. The van der Waals surface area contributed by atoms with Crippen LogP contribution in [0, 0.1) is 5.92 Å². The molecule has 0 saturated carbocycles. The van der Waals surface area contributed by atoms with Gasteiger partial charge < -0.3 is 15.4 Å². The van der Waals surface area contributed by atoms with E-state index in [2.05, 4.69) is 10.6 Å². The molecule has 0 radical (unpaired) electrons. The van der Waals surface area contributed by atoms with Gasteiger partial charge in [0.2, 0.25) is 5.91 Å². The molecule has 2 N–H and O–H groups in total. The summed E-state index contributed by atoms with van der Waals surface area (Å²) >= 11 is 0. The molecular weight excluding hydrogens is 328 g/mol. The monoisotopic (exact) mass is 352 g/mol. The molecule has 136 valence electrons. The van der Waals surface area contributed by atoms with E-state index in [1.807, 2.05) is 54.6 Å². The molecule has 0 aromatic heterocycles. The summed E-state index contributed by atoms with van der Waals surface area (Å²) in [6, 6.07) is 17.3. The number of hydrogen-bond acceptors (Lipinski definition) is 4. The van der Waals surface area contributed by atoms with Gasteiger partial charge in [0.05, 0.1) is 6.04 Å². The number of amides is 1.